The molecule has 2 aromatic heterocycles. The molecule has 10 nitrogen and oxygen atoms in total. The van der Waals surface area contributed by atoms with Crippen LogP contribution in [0.3, 0.4) is 0 Å². The lowest BCUT2D eigenvalue weighted by Gasteiger charge is -2.17. The Hall–Kier alpha value is -3.78. The van der Waals surface area contributed by atoms with Crippen LogP contribution in [0.1, 0.15) is 53.2 Å². The molecule has 0 bridgehead atoms. The fourth-order valence-corrected chi connectivity index (χ4v) is 3.98. The van der Waals surface area contributed by atoms with Crippen molar-refractivity contribution in [1.82, 2.24) is 20.3 Å². The maximum Gasteiger partial charge on any atom is 0.421 e. The van der Waals surface area contributed by atoms with Crippen LogP contribution in [-0.2, 0) is 22.6 Å². The number of benzene rings is 1. The number of aliphatic hydroxyl groups is 1. The summed E-state index contributed by atoms with van der Waals surface area (Å²) in [4.78, 5) is 24.1. The second kappa shape index (κ2) is 14.0. The third kappa shape index (κ3) is 9.16. The maximum atomic E-state index is 13.7. The van der Waals surface area contributed by atoms with E-state index in [2.05, 4.69) is 30.9 Å². The molecule has 2 heterocycles. The summed E-state index contributed by atoms with van der Waals surface area (Å²) in [7, 11) is -2.48. The highest BCUT2D eigenvalue weighted by molar-refractivity contribution is 7.90. The second-order valence-electron chi connectivity index (χ2n) is 9.13. The van der Waals surface area contributed by atoms with Crippen LogP contribution in [0.2, 0.25) is 0 Å². The Labute approximate surface area is 231 Å². The van der Waals surface area contributed by atoms with Crippen molar-refractivity contribution in [2.45, 2.75) is 38.7 Å². The lowest BCUT2D eigenvalue weighted by atomic mass is 10.1. The molecule has 4 N–H and O–H groups in total. The number of aromatic nitrogens is 3. The standard InChI is InChI=1S/C25H29F3N6O3S.CH4O/c1-15(2)12-31-23(35)17-7-9-19(10-8-17)33-24-32-14-20(25(26,27)28)22(34-24)30-13-18-6-5-11-29-21(18)16(3)38(4,36)37;1-2/h5-11,14-16H,12-13H2,1-4H3,(H,31,35)(H2,30,32,33,34);2H,1H3. The summed E-state index contributed by atoms with van der Waals surface area (Å²) in [6, 6.07) is 9.49. The third-order valence-electron chi connectivity index (χ3n) is 5.57. The van der Waals surface area contributed by atoms with Crippen LogP contribution in [0.25, 0.3) is 0 Å². The average Bonchev–Trinajstić information content (AvgIpc) is 2.90. The molecule has 14 heteroatoms. The number of hydrogen-bond donors (Lipinski definition) is 4. The molecule has 0 aliphatic rings. The third-order valence-corrected chi connectivity index (χ3v) is 7.08. The fraction of sp³-hybridized carbons (Fsp3) is 0.385. The highest BCUT2D eigenvalue weighted by atomic mass is 32.2. The number of pyridine rings is 1. The number of carbonyl (C=O) groups excluding carboxylic acids is 1. The first-order valence-corrected chi connectivity index (χ1v) is 14.1. The molecule has 1 atom stereocenters. The largest absolute Gasteiger partial charge is 0.421 e. The number of sulfone groups is 1. The zero-order chi connectivity index (χ0) is 30.1. The van der Waals surface area contributed by atoms with Gasteiger partial charge < -0.3 is 21.1 Å². The quantitative estimate of drug-likeness (QED) is 0.274. The molecule has 0 spiro atoms. The van der Waals surface area contributed by atoms with Crippen molar-refractivity contribution in [3.05, 3.63) is 71.2 Å². The van der Waals surface area contributed by atoms with E-state index in [0.29, 0.717) is 35.5 Å². The van der Waals surface area contributed by atoms with Crippen molar-refractivity contribution >= 4 is 33.2 Å². The van der Waals surface area contributed by atoms with Crippen LogP contribution in [0, 0.1) is 5.92 Å². The predicted molar refractivity (Wildman–Crippen MR) is 147 cm³/mol. The number of rotatable bonds is 10. The molecule has 1 aromatic carbocycles. The van der Waals surface area contributed by atoms with Crippen molar-refractivity contribution in [2.24, 2.45) is 5.92 Å². The van der Waals surface area contributed by atoms with Crippen LogP contribution in [0.4, 0.5) is 30.6 Å². The van der Waals surface area contributed by atoms with E-state index in [9.17, 15) is 26.4 Å². The zero-order valence-corrected chi connectivity index (χ0v) is 23.6. The number of hydrogen-bond acceptors (Lipinski definition) is 9. The average molecular weight is 583 g/mol. The summed E-state index contributed by atoms with van der Waals surface area (Å²) in [6.07, 6.45) is -1.58. The van der Waals surface area contributed by atoms with Gasteiger partial charge in [0.05, 0.1) is 5.69 Å². The molecule has 1 unspecified atom stereocenters. The van der Waals surface area contributed by atoms with E-state index in [-0.39, 0.29) is 24.1 Å². The van der Waals surface area contributed by atoms with Gasteiger partial charge in [-0.3, -0.25) is 9.78 Å². The molecular formula is C26H33F3N6O4S. The van der Waals surface area contributed by atoms with Gasteiger partial charge in [0.2, 0.25) is 5.95 Å². The molecule has 218 valence electrons. The second-order valence-corrected chi connectivity index (χ2v) is 11.5. The van der Waals surface area contributed by atoms with Crippen molar-refractivity contribution < 1.29 is 31.5 Å². The first-order valence-electron chi connectivity index (χ1n) is 12.2. The summed E-state index contributed by atoms with van der Waals surface area (Å²) < 4.78 is 65.0. The highest BCUT2D eigenvalue weighted by Crippen LogP contribution is 2.34. The van der Waals surface area contributed by atoms with Crippen LogP contribution < -0.4 is 16.0 Å². The molecule has 40 heavy (non-hydrogen) atoms. The molecule has 0 saturated carbocycles. The van der Waals surface area contributed by atoms with Crippen molar-refractivity contribution in [3.8, 4) is 0 Å². The maximum absolute atomic E-state index is 13.7. The number of amides is 1. The molecule has 0 fully saturated rings. The first-order chi connectivity index (χ1) is 18.8. The van der Waals surface area contributed by atoms with E-state index in [1.807, 2.05) is 13.8 Å². The smallest absolute Gasteiger partial charge is 0.400 e. The van der Waals surface area contributed by atoms with Crippen molar-refractivity contribution in [2.75, 3.05) is 30.5 Å². The summed E-state index contributed by atoms with van der Waals surface area (Å²) in [6.45, 7) is 5.80. The topological polar surface area (TPSA) is 146 Å². The van der Waals surface area contributed by atoms with Crippen LogP contribution in [0.15, 0.2) is 48.8 Å². The minimum Gasteiger partial charge on any atom is -0.400 e. The minimum absolute atomic E-state index is 0.103. The van der Waals surface area contributed by atoms with E-state index >= 15 is 0 Å². The Kier molecular flexibility index (Phi) is 11.4. The lowest BCUT2D eigenvalue weighted by molar-refractivity contribution is -0.137. The fourth-order valence-electron chi connectivity index (χ4n) is 3.37. The molecular weight excluding hydrogens is 549 g/mol. The van der Waals surface area contributed by atoms with Gasteiger partial charge in [0, 0.05) is 50.1 Å². The molecule has 3 aromatic rings. The Morgan fingerprint density at radius 3 is 2.27 bits per heavy atom. The molecule has 0 aliphatic carbocycles. The van der Waals surface area contributed by atoms with E-state index in [0.717, 1.165) is 13.4 Å². The zero-order valence-electron chi connectivity index (χ0n) is 22.7. The Morgan fingerprint density at radius 2 is 1.70 bits per heavy atom. The van der Waals surface area contributed by atoms with E-state index < -0.39 is 32.6 Å². The number of alkyl halides is 3. The number of aliphatic hydroxyl groups excluding tert-OH is 1. The normalized spacial score (nSPS) is 12.2. The Bertz CT molecular complexity index is 1380. The molecule has 0 saturated heterocycles. The van der Waals surface area contributed by atoms with Crippen molar-refractivity contribution in [3.63, 3.8) is 0 Å². The van der Waals surface area contributed by atoms with Gasteiger partial charge in [-0.25, -0.2) is 13.4 Å². The van der Waals surface area contributed by atoms with Gasteiger partial charge in [0.25, 0.3) is 5.91 Å². The van der Waals surface area contributed by atoms with Gasteiger partial charge in [-0.05, 0) is 48.7 Å². The Morgan fingerprint density at radius 1 is 1.05 bits per heavy atom. The van der Waals surface area contributed by atoms with Gasteiger partial charge >= 0.3 is 6.18 Å². The van der Waals surface area contributed by atoms with Gasteiger partial charge in [0.1, 0.15) is 16.6 Å². The van der Waals surface area contributed by atoms with Gasteiger partial charge in [0.15, 0.2) is 9.84 Å². The molecule has 1 amide bonds. The number of carbonyl (C=O) groups is 1. The number of nitrogens with zero attached hydrogens (tertiary/aromatic N) is 3. The number of halogens is 3. The summed E-state index contributed by atoms with van der Waals surface area (Å²) >= 11 is 0. The van der Waals surface area contributed by atoms with Crippen LogP contribution >= 0.6 is 0 Å². The van der Waals surface area contributed by atoms with Crippen molar-refractivity contribution in [1.29, 1.82) is 0 Å². The van der Waals surface area contributed by atoms with Gasteiger partial charge in [-0.15, -0.1) is 0 Å². The van der Waals surface area contributed by atoms with Crippen LogP contribution in [0.5, 0.6) is 0 Å². The minimum atomic E-state index is -4.73. The SMILES string of the molecule is CC(C)CNC(=O)c1ccc(Nc2ncc(C(F)(F)F)c(NCc3cccnc3C(C)S(C)(=O)=O)n2)cc1.CO. The first kappa shape index (κ1) is 32.4. The van der Waals surface area contributed by atoms with E-state index in [1.165, 1.54) is 13.1 Å². The lowest BCUT2D eigenvalue weighted by Crippen LogP contribution is -2.27. The molecule has 3 rings (SSSR count). The summed E-state index contributed by atoms with van der Waals surface area (Å²) in [5, 5.41) is 14.4. The van der Waals surface area contributed by atoms with Crippen LogP contribution in [-0.4, -0.2) is 54.3 Å². The molecule has 0 aliphatic heterocycles. The number of anilines is 3. The summed E-state index contributed by atoms with van der Waals surface area (Å²) in [5.41, 5.74) is 0.468. The van der Waals surface area contributed by atoms with Gasteiger partial charge in [-0.2, -0.15) is 18.2 Å². The van der Waals surface area contributed by atoms with Gasteiger partial charge in [-0.1, -0.05) is 19.9 Å². The summed E-state index contributed by atoms with van der Waals surface area (Å²) in [5.74, 6) is -0.523. The van der Waals surface area contributed by atoms with E-state index in [1.54, 1.807) is 36.4 Å². The number of nitrogens with one attached hydrogen (secondary N) is 3. The molecule has 0 radical (unpaired) electrons. The monoisotopic (exact) mass is 582 g/mol. The Balaban J connectivity index is 0.00000274. The predicted octanol–water partition coefficient (Wildman–Crippen LogP) is 4.35. The highest BCUT2D eigenvalue weighted by Gasteiger charge is 2.35. The van der Waals surface area contributed by atoms with E-state index in [4.69, 9.17) is 5.11 Å².